The molecule has 1 heterocycles. The van der Waals surface area contributed by atoms with E-state index in [0.29, 0.717) is 29.7 Å². The van der Waals surface area contributed by atoms with Crippen molar-refractivity contribution < 1.29 is 9.47 Å². The predicted molar refractivity (Wildman–Crippen MR) is 167 cm³/mol. The van der Waals surface area contributed by atoms with Gasteiger partial charge in [0.25, 0.3) is 0 Å². The summed E-state index contributed by atoms with van der Waals surface area (Å²) in [6.45, 7) is 7.14. The van der Waals surface area contributed by atoms with Crippen LogP contribution in [0.3, 0.4) is 0 Å². The number of nitrogens with one attached hydrogen (secondary N) is 1. The predicted octanol–water partition coefficient (Wildman–Crippen LogP) is 9.17. The number of benzene rings is 4. The van der Waals surface area contributed by atoms with Crippen molar-refractivity contribution in [1.29, 1.82) is 0 Å². The van der Waals surface area contributed by atoms with Crippen molar-refractivity contribution in [1.82, 2.24) is 4.98 Å². The molecule has 0 amide bonds. The molecule has 7 heteroatoms. The molecule has 5 rings (SSSR count). The van der Waals surface area contributed by atoms with E-state index >= 15 is 0 Å². The molecule has 1 aromatic heterocycles. The minimum Gasteiger partial charge on any atom is -0.490 e. The molecule has 40 heavy (non-hydrogen) atoms. The van der Waals surface area contributed by atoms with Crippen molar-refractivity contribution in [2.24, 2.45) is 5.10 Å². The summed E-state index contributed by atoms with van der Waals surface area (Å²) in [6, 6.07) is 30.2. The molecule has 0 saturated carbocycles. The molecule has 0 saturated heterocycles. The molecule has 202 valence electrons. The van der Waals surface area contributed by atoms with Crippen molar-refractivity contribution in [2.75, 3.05) is 12.0 Å². The van der Waals surface area contributed by atoms with Gasteiger partial charge in [0.15, 0.2) is 11.5 Å². The number of nitrogens with zero attached hydrogens (tertiary/aromatic N) is 2. The fourth-order valence-electron chi connectivity index (χ4n) is 4.13. The number of hydrazone groups is 1. The van der Waals surface area contributed by atoms with Crippen LogP contribution in [-0.4, -0.2) is 17.8 Å². The Balaban J connectivity index is 1.34. The number of ether oxygens (including phenoxy) is 2. The molecular formula is C33H30ClN3O2S. The first-order valence-electron chi connectivity index (χ1n) is 13.1. The second-order valence-corrected chi connectivity index (χ2v) is 10.7. The smallest absolute Gasteiger partial charge is 0.204 e. The third-order valence-corrected chi connectivity index (χ3v) is 7.65. The Bertz CT molecular complexity index is 1620. The standard InChI is InChI=1S/C33H30ClN3O2S/c1-4-38-30-19-25(13-17-29(30)39-21-24-11-15-28(34)16-12-24)20-35-37-33-36-31(27-14-10-22(2)23(3)18-27)32(40-33)26-8-6-5-7-9-26/h5-20H,4,21H2,1-3H3,(H,36,37)/b35-20-. The molecular weight excluding hydrogens is 538 g/mol. The summed E-state index contributed by atoms with van der Waals surface area (Å²) in [7, 11) is 0. The topological polar surface area (TPSA) is 55.7 Å². The molecule has 0 spiro atoms. The highest BCUT2D eigenvalue weighted by Crippen LogP contribution is 2.39. The van der Waals surface area contributed by atoms with Crippen molar-refractivity contribution >= 4 is 34.3 Å². The van der Waals surface area contributed by atoms with Gasteiger partial charge in [-0.05, 0) is 85.0 Å². The lowest BCUT2D eigenvalue weighted by atomic mass is 10.0. The van der Waals surface area contributed by atoms with Gasteiger partial charge in [0.05, 0.1) is 23.4 Å². The van der Waals surface area contributed by atoms with Crippen LogP contribution in [0.15, 0.2) is 96.1 Å². The van der Waals surface area contributed by atoms with Gasteiger partial charge in [-0.3, -0.25) is 5.43 Å². The molecule has 0 aliphatic carbocycles. The molecule has 0 aliphatic rings. The lowest BCUT2D eigenvalue weighted by molar-refractivity contribution is 0.269. The second kappa shape index (κ2) is 12.8. The van der Waals surface area contributed by atoms with Crippen LogP contribution in [0.5, 0.6) is 11.5 Å². The van der Waals surface area contributed by atoms with Crippen LogP contribution >= 0.6 is 22.9 Å². The summed E-state index contributed by atoms with van der Waals surface area (Å²) in [4.78, 5) is 6.02. The van der Waals surface area contributed by atoms with Crippen LogP contribution in [-0.2, 0) is 6.61 Å². The van der Waals surface area contributed by atoms with Gasteiger partial charge in [-0.2, -0.15) is 5.10 Å². The van der Waals surface area contributed by atoms with Gasteiger partial charge in [-0.1, -0.05) is 77.5 Å². The number of aromatic nitrogens is 1. The highest BCUT2D eigenvalue weighted by Gasteiger charge is 2.15. The molecule has 5 aromatic rings. The van der Waals surface area contributed by atoms with E-state index in [9.17, 15) is 0 Å². The first-order chi connectivity index (χ1) is 19.5. The quantitative estimate of drug-likeness (QED) is 0.135. The highest BCUT2D eigenvalue weighted by atomic mass is 35.5. The minimum absolute atomic E-state index is 0.420. The van der Waals surface area contributed by atoms with Gasteiger partial charge >= 0.3 is 0 Å². The van der Waals surface area contributed by atoms with Crippen molar-refractivity contribution in [3.8, 4) is 33.2 Å². The van der Waals surface area contributed by atoms with Gasteiger partial charge < -0.3 is 9.47 Å². The van der Waals surface area contributed by atoms with Crippen molar-refractivity contribution in [2.45, 2.75) is 27.4 Å². The van der Waals surface area contributed by atoms with Crippen molar-refractivity contribution in [3.63, 3.8) is 0 Å². The summed E-state index contributed by atoms with van der Waals surface area (Å²) in [5, 5.41) is 5.90. The zero-order valence-electron chi connectivity index (χ0n) is 22.6. The van der Waals surface area contributed by atoms with Crippen LogP contribution in [0.25, 0.3) is 21.7 Å². The molecule has 5 nitrogen and oxygen atoms in total. The first kappa shape index (κ1) is 27.4. The molecule has 0 fully saturated rings. The normalized spacial score (nSPS) is 11.1. The molecule has 0 radical (unpaired) electrons. The number of anilines is 1. The van der Waals surface area contributed by atoms with E-state index in [1.54, 1.807) is 17.6 Å². The zero-order chi connectivity index (χ0) is 27.9. The Kier molecular flexibility index (Phi) is 8.79. The number of hydrogen-bond donors (Lipinski definition) is 1. The van der Waals surface area contributed by atoms with E-state index in [-0.39, 0.29) is 0 Å². The third-order valence-electron chi connectivity index (χ3n) is 6.39. The monoisotopic (exact) mass is 567 g/mol. The Labute approximate surface area is 244 Å². The first-order valence-corrected chi connectivity index (χ1v) is 14.3. The number of rotatable bonds is 10. The SMILES string of the molecule is CCOc1cc(/C=N\Nc2nc(-c3ccc(C)c(C)c3)c(-c3ccccc3)s2)ccc1OCc1ccc(Cl)cc1. The van der Waals surface area contributed by atoms with Gasteiger partial charge in [-0.15, -0.1) is 0 Å². The van der Waals surface area contributed by atoms with Crippen LogP contribution < -0.4 is 14.9 Å². The largest absolute Gasteiger partial charge is 0.490 e. The average molecular weight is 568 g/mol. The van der Waals surface area contributed by atoms with E-state index in [1.165, 1.54) is 11.1 Å². The van der Waals surface area contributed by atoms with E-state index < -0.39 is 0 Å². The molecule has 0 bridgehead atoms. The number of aryl methyl sites for hydroxylation is 2. The molecule has 1 N–H and O–H groups in total. The molecule has 0 unspecified atom stereocenters. The fraction of sp³-hybridized carbons (Fsp3) is 0.152. The van der Waals surface area contributed by atoms with Gasteiger partial charge in [-0.25, -0.2) is 4.98 Å². The van der Waals surface area contributed by atoms with E-state index in [0.717, 1.165) is 38.0 Å². The fourth-order valence-corrected chi connectivity index (χ4v) is 5.20. The Hall–Kier alpha value is -4.13. The Morgan fingerprint density at radius 1 is 0.850 bits per heavy atom. The van der Waals surface area contributed by atoms with E-state index in [4.69, 9.17) is 26.1 Å². The molecule has 0 atom stereocenters. The number of hydrogen-bond acceptors (Lipinski definition) is 6. The summed E-state index contributed by atoms with van der Waals surface area (Å²) in [6.07, 6.45) is 1.75. The highest BCUT2D eigenvalue weighted by molar-refractivity contribution is 7.19. The van der Waals surface area contributed by atoms with Gasteiger partial charge in [0, 0.05) is 10.6 Å². The molecule has 4 aromatic carbocycles. The number of halogens is 1. The average Bonchev–Trinajstić information content (AvgIpc) is 3.40. The second-order valence-electron chi connectivity index (χ2n) is 9.29. The van der Waals surface area contributed by atoms with Crippen LogP contribution in [0.2, 0.25) is 5.02 Å². The van der Waals surface area contributed by atoms with Crippen LogP contribution in [0, 0.1) is 13.8 Å². The minimum atomic E-state index is 0.420. The van der Waals surface area contributed by atoms with E-state index in [1.807, 2.05) is 67.6 Å². The maximum Gasteiger partial charge on any atom is 0.204 e. The summed E-state index contributed by atoms with van der Waals surface area (Å²) >= 11 is 7.57. The summed E-state index contributed by atoms with van der Waals surface area (Å²) < 4.78 is 11.9. The van der Waals surface area contributed by atoms with Crippen LogP contribution in [0.1, 0.15) is 29.2 Å². The lowest BCUT2D eigenvalue weighted by Crippen LogP contribution is -2.00. The lowest BCUT2D eigenvalue weighted by Gasteiger charge is -2.12. The molecule has 0 aliphatic heterocycles. The summed E-state index contributed by atoms with van der Waals surface area (Å²) in [5.41, 5.74) is 10.7. The Morgan fingerprint density at radius 3 is 2.40 bits per heavy atom. The van der Waals surface area contributed by atoms with Crippen LogP contribution in [0.4, 0.5) is 5.13 Å². The van der Waals surface area contributed by atoms with Gasteiger partial charge in [0.2, 0.25) is 5.13 Å². The zero-order valence-corrected chi connectivity index (χ0v) is 24.2. The van der Waals surface area contributed by atoms with Crippen molar-refractivity contribution in [3.05, 3.63) is 118 Å². The van der Waals surface area contributed by atoms with Gasteiger partial charge in [0.1, 0.15) is 6.61 Å². The van der Waals surface area contributed by atoms with E-state index in [2.05, 4.69) is 54.7 Å². The maximum absolute atomic E-state index is 6.02. The Morgan fingerprint density at radius 2 is 1.65 bits per heavy atom. The number of thiazole rings is 1. The summed E-state index contributed by atoms with van der Waals surface area (Å²) in [5.74, 6) is 1.34. The maximum atomic E-state index is 6.02. The third kappa shape index (κ3) is 6.71.